The van der Waals surface area contributed by atoms with Crippen molar-refractivity contribution in [3.8, 4) is 0 Å². The van der Waals surface area contributed by atoms with E-state index in [0.29, 0.717) is 25.1 Å². The molecule has 2 atom stereocenters. The zero-order valence-electron chi connectivity index (χ0n) is 15.0. The second-order valence-corrected chi connectivity index (χ2v) is 6.70. The Hall–Kier alpha value is -1.79. The van der Waals surface area contributed by atoms with E-state index in [1.165, 1.54) is 6.07 Å². The SMILES string of the molecule is CCc1nn(C)c(CC)c1CN1C[C@@H](O)C[C@H]1c1cc(F)ccc1F. The number of benzene rings is 1. The maximum Gasteiger partial charge on any atom is 0.128 e. The summed E-state index contributed by atoms with van der Waals surface area (Å²) in [5.74, 6) is -0.884. The van der Waals surface area contributed by atoms with Gasteiger partial charge in [0.15, 0.2) is 0 Å². The molecule has 1 saturated heterocycles. The molecule has 2 heterocycles. The zero-order valence-corrected chi connectivity index (χ0v) is 15.0. The first-order valence-electron chi connectivity index (χ1n) is 8.85. The number of hydrogen-bond acceptors (Lipinski definition) is 3. The molecule has 3 rings (SSSR count). The highest BCUT2D eigenvalue weighted by Crippen LogP contribution is 2.36. The molecule has 1 aromatic carbocycles. The average Bonchev–Trinajstić information content (AvgIpc) is 3.09. The number of aliphatic hydroxyl groups excluding tert-OH is 1. The predicted octanol–water partition coefficient (Wildman–Crippen LogP) is 3.13. The fourth-order valence-electron chi connectivity index (χ4n) is 3.92. The fraction of sp³-hybridized carbons (Fsp3) is 0.526. The van der Waals surface area contributed by atoms with E-state index in [1.54, 1.807) is 0 Å². The van der Waals surface area contributed by atoms with Gasteiger partial charge in [0.2, 0.25) is 0 Å². The molecule has 1 aliphatic rings. The summed E-state index contributed by atoms with van der Waals surface area (Å²) in [7, 11) is 1.93. The van der Waals surface area contributed by atoms with Crippen molar-refractivity contribution in [3.63, 3.8) is 0 Å². The van der Waals surface area contributed by atoms with Gasteiger partial charge in [0, 0.05) is 43.0 Å². The first-order valence-corrected chi connectivity index (χ1v) is 8.85. The Kier molecular flexibility index (Phi) is 5.20. The summed E-state index contributed by atoms with van der Waals surface area (Å²) in [6.45, 7) is 5.18. The van der Waals surface area contributed by atoms with E-state index in [0.717, 1.165) is 41.9 Å². The summed E-state index contributed by atoms with van der Waals surface area (Å²) in [6.07, 6.45) is 1.54. The lowest BCUT2D eigenvalue weighted by atomic mass is 10.0. The molecule has 0 unspecified atom stereocenters. The molecule has 0 aliphatic carbocycles. The minimum absolute atomic E-state index is 0.316. The van der Waals surface area contributed by atoms with E-state index in [2.05, 4.69) is 18.9 Å². The highest BCUT2D eigenvalue weighted by atomic mass is 19.1. The minimum Gasteiger partial charge on any atom is -0.392 e. The molecule has 136 valence electrons. The van der Waals surface area contributed by atoms with Gasteiger partial charge in [-0.2, -0.15) is 5.10 Å². The van der Waals surface area contributed by atoms with Gasteiger partial charge in [-0.05, 0) is 37.5 Å². The number of β-amino-alcohol motifs (C(OH)–C–C–N with tert-alkyl or cyclic N) is 1. The van der Waals surface area contributed by atoms with E-state index < -0.39 is 17.7 Å². The van der Waals surface area contributed by atoms with Gasteiger partial charge in [0.05, 0.1) is 11.8 Å². The van der Waals surface area contributed by atoms with E-state index in [1.807, 2.05) is 16.6 Å². The maximum absolute atomic E-state index is 14.3. The van der Waals surface area contributed by atoms with Crippen LogP contribution in [0.3, 0.4) is 0 Å². The molecule has 4 nitrogen and oxygen atoms in total. The van der Waals surface area contributed by atoms with Crippen molar-refractivity contribution in [2.75, 3.05) is 6.54 Å². The maximum atomic E-state index is 14.3. The lowest BCUT2D eigenvalue weighted by molar-refractivity contribution is 0.172. The van der Waals surface area contributed by atoms with Crippen LogP contribution >= 0.6 is 0 Å². The van der Waals surface area contributed by atoms with Crippen LogP contribution in [-0.2, 0) is 26.4 Å². The number of aryl methyl sites for hydroxylation is 2. The van der Waals surface area contributed by atoms with E-state index >= 15 is 0 Å². The standard InChI is InChI=1S/C19H25F2N3O/c1-4-17-15(18(5-2)23(3)22-17)11-24-10-13(25)9-19(24)14-8-12(20)6-7-16(14)21/h6-8,13,19,25H,4-5,9-11H2,1-3H3/t13-,19-/m0/s1. The van der Waals surface area contributed by atoms with Gasteiger partial charge < -0.3 is 5.11 Å². The van der Waals surface area contributed by atoms with Crippen LogP contribution in [-0.4, -0.2) is 32.4 Å². The van der Waals surface area contributed by atoms with Crippen LogP contribution < -0.4 is 0 Å². The van der Waals surface area contributed by atoms with Crippen LogP contribution in [0.4, 0.5) is 8.78 Å². The molecule has 6 heteroatoms. The quantitative estimate of drug-likeness (QED) is 0.902. The normalized spacial score (nSPS) is 21.2. The Bertz CT molecular complexity index is 759. The Morgan fingerprint density at radius 1 is 1.24 bits per heavy atom. The first-order chi connectivity index (χ1) is 11.9. The molecule has 1 N–H and O–H groups in total. The van der Waals surface area contributed by atoms with Crippen LogP contribution in [0.1, 0.15) is 48.8 Å². The highest BCUT2D eigenvalue weighted by Gasteiger charge is 2.35. The number of rotatable bonds is 5. The lowest BCUT2D eigenvalue weighted by Crippen LogP contribution is -2.26. The van der Waals surface area contributed by atoms with Crippen LogP contribution in [0.25, 0.3) is 0 Å². The van der Waals surface area contributed by atoms with Gasteiger partial charge in [-0.1, -0.05) is 13.8 Å². The third kappa shape index (κ3) is 3.46. The Morgan fingerprint density at radius 2 is 2.00 bits per heavy atom. The van der Waals surface area contributed by atoms with Gasteiger partial charge >= 0.3 is 0 Å². The number of likely N-dealkylation sites (tertiary alicyclic amines) is 1. The van der Waals surface area contributed by atoms with Crippen LogP contribution in [0.2, 0.25) is 0 Å². The molecule has 0 radical (unpaired) electrons. The molecular weight excluding hydrogens is 324 g/mol. The summed E-state index contributed by atoms with van der Waals surface area (Å²) in [5, 5.41) is 14.7. The second-order valence-electron chi connectivity index (χ2n) is 6.70. The van der Waals surface area contributed by atoms with Gasteiger partial charge in [-0.15, -0.1) is 0 Å². The second kappa shape index (κ2) is 7.22. The average molecular weight is 349 g/mol. The molecule has 1 aliphatic heterocycles. The van der Waals surface area contributed by atoms with Crippen molar-refractivity contribution < 1.29 is 13.9 Å². The van der Waals surface area contributed by atoms with Crippen molar-refractivity contribution >= 4 is 0 Å². The topological polar surface area (TPSA) is 41.3 Å². The summed E-state index contributed by atoms with van der Waals surface area (Å²) in [4.78, 5) is 2.04. The Labute approximate surface area is 147 Å². The summed E-state index contributed by atoms with van der Waals surface area (Å²) < 4.78 is 29.8. The molecule has 2 aromatic rings. The Balaban J connectivity index is 1.95. The monoisotopic (exact) mass is 349 g/mol. The lowest BCUT2D eigenvalue weighted by Gasteiger charge is -2.25. The molecule has 0 amide bonds. The zero-order chi connectivity index (χ0) is 18.1. The molecule has 1 aromatic heterocycles. The summed E-state index contributed by atoms with van der Waals surface area (Å²) in [6, 6.07) is 3.20. The molecule has 0 spiro atoms. The Morgan fingerprint density at radius 3 is 2.68 bits per heavy atom. The number of nitrogens with zero attached hydrogens (tertiary/aromatic N) is 3. The van der Waals surface area contributed by atoms with Crippen LogP contribution in [0.15, 0.2) is 18.2 Å². The predicted molar refractivity (Wildman–Crippen MR) is 92.1 cm³/mol. The molecule has 25 heavy (non-hydrogen) atoms. The largest absolute Gasteiger partial charge is 0.392 e. The number of hydrogen-bond donors (Lipinski definition) is 1. The van der Waals surface area contributed by atoms with Gasteiger partial charge in [-0.25, -0.2) is 8.78 Å². The van der Waals surface area contributed by atoms with Gasteiger partial charge in [0.25, 0.3) is 0 Å². The molecule has 0 bridgehead atoms. The van der Waals surface area contributed by atoms with Gasteiger partial charge in [0.1, 0.15) is 11.6 Å². The minimum atomic E-state index is -0.542. The van der Waals surface area contributed by atoms with E-state index in [4.69, 9.17) is 0 Å². The van der Waals surface area contributed by atoms with Crippen molar-refractivity contribution in [1.29, 1.82) is 0 Å². The van der Waals surface area contributed by atoms with Crippen molar-refractivity contribution in [2.24, 2.45) is 7.05 Å². The van der Waals surface area contributed by atoms with Crippen molar-refractivity contribution in [3.05, 3.63) is 52.3 Å². The third-order valence-corrected chi connectivity index (χ3v) is 5.09. The van der Waals surface area contributed by atoms with Gasteiger partial charge in [-0.3, -0.25) is 9.58 Å². The third-order valence-electron chi connectivity index (χ3n) is 5.09. The summed E-state index contributed by atoms with van der Waals surface area (Å²) in [5.41, 5.74) is 3.64. The fourth-order valence-corrected chi connectivity index (χ4v) is 3.92. The molecule has 0 saturated carbocycles. The van der Waals surface area contributed by atoms with Crippen LogP contribution in [0.5, 0.6) is 0 Å². The van der Waals surface area contributed by atoms with Crippen molar-refractivity contribution in [2.45, 2.75) is 51.8 Å². The number of aromatic nitrogens is 2. The van der Waals surface area contributed by atoms with Crippen LogP contribution in [0, 0.1) is 11.6 Å². The molecule has 1 fully saturated rings. The van der Waals surface area contributed by atoms with E-state index in [-0.39, 0.29) is 6.04 Å². The van der Waals surface area contributed by atoms with E-state index in [9.17, 15) is 13.9 Å². The smallest absolute Gasteiger partial charge is 0.128 e. The number of halogens is 2. The summed E-state index contributed by atoms with van der Waals surface area (Å²) >= 11 is 0. The first kappa shape index (κ1) is 18.0. The van der Waals surface area contributed by atoms with Crippen molar-refractivity contribution in [1.82, 2.24) is 14.7 Å². The molecular formula is C19H25F2N3O. The highest BCUT2D eigenvalue weighted by molar-refractivity contribution is 5.29. The number of aliphatic hydroxyl groups is 1.